The van der Waals surface area contributed by atoms with Gasteiger partial charge in [-0.15, -0.1) is 0 Å². The lowest BCUT2D eigenvalue weighted by atomic mass is 10.0. The lowest BCUT2D eigenvalue weighted by molar-refractivity contribution is 1.45. The fourth-order valence-electron chi connectivity index (χ4n) is 4.38. The Kier molecular flexibility index (Phi) is 9.75. The molecule has 0 heterocycles. The molecular weight excluding hydrogens is 587 g/mol. The van der Waals surface area contributed by atoms with E-state index in [1.165, 1.54) is 0 Å². The van der Waals surface area contributed by atoms with Crippen LogP contribution in [0.1, 0.15) is 72.3 Å². The molecule has 0 saturated heterocycles. The second kappa shape index (κ2) is 15.0. The maximum Gasteiger partial charge on any atom is 0.100 e. The molecule has 0 bridgehead atoms. The average Bonchev–Trinajstić information content (AvgIpc) is 3.15. The zero-order valence-electron chi connectivity index (χ0n) is 25.1. The Hall–Kier alpha value is -8.21. The van der Waals surface area contributed by atoms with Crippen LogP contribution in [0.2, 0.25) is 0 Å². The van der Waals surface area contributed by atoms with Crippen LogP contribution in [-0.2, 0) is 0 Å². The summed E-state index contributed by atoms with van der Waals surface area (Å²) in [5.74, 6) is 24.0. The first-order valence-electron chi connectivity index (χ1n) is 14.2. The van der Waals surface area contributed by atoms with Crippen molar-refractivity contribution in [1.29, 1.82) is 26.3 Å². The highest BCUT2D eigenvalue weighted by molar-refractivity contribution is 5.60. The van der Waals surface area contributed by atoms with Gasteiger partial charge in [0.05, 0.1) is 33.9 Å². The summed E-state index contributed by atoms with van der Waals surface area (Å²) in [4.78, 5) is 0. The number of nitrogens with zero attached hydrogens (tertiary/aromatic N) is 5. The molecule has 48 heavy (non-hydrogen) atoms. The third-order valence-electron chi connectivity index (χ3n) is 6.83. The molecule has 0 unspecified atom stereocenters. The van der Waals surface area contributed by atoms with Crippen LogP contribution in [-0.4, -0.2) is 0 Å². The second-order valence-corrected chi connectivity index (χ2v) is 9.97. The molecule has 5 heteroatoms. The average molecular weight is 604 g/mol. The lowest BCUT2D eigenvalue weighted by Gasteiger charge is -1.99. The van der Waals surface area contributed by atoms with Gasteiger partial charge < -0.3 is 0 Å². The molecule has 0 atom stereocenters. The normalized spacial score (nSPS) is 8.90. The van der Waals surface area contributed by atoms with E-state index in [4.69, 9.17) is 5.26 Å². The van der Waals surface area contributed by atoms with E-state index in [-0.39, 0.29) is 0 Å². The molecule has 0 fully saturated rings. The molecule has 0 aliphatic carbocycles. The predicted molar refractivity (Wildman–Crippen MR) is 180 cm³/mol. The van der Waals surface area contributed by atoms with Crippen LogP contribution in [0.25, 0.3) is 0 Å². The zero-order valence-corrected chi connectivity index (χ0v) is 25.1. The van der Waals surface area contributed by atoms with Crippen molar-refractivity contribution in [3.05, 3.63) is 175 Å². The van der Waals surface area contributed by atoms with Gasteiger partial charge in [0.2, 0.25) is 0 Å². The van der Waals surface area contributed by atoms with Crippen LogP contribution in [0.15, 0.2) is 103 Å². The number of rotatable bonds is 0. The van der Waals surface area contributed by atoms with E-state index in [0.29, 0.717) is 72.3 Å². The molecule has 214 valence electrons. The van der Waals surface area contributed by atoms with Crippen LogP contribution in [0.5, 0.6) is 0 Å². The maximum absolute atomic E-state index is 9.79. The monoisotopic (exact) mass is 603 g/mol. The molecule has 0 saturated carbocycles. The van der Waals surface area contributed by atoms with Crippen molar-refractivity contribution in [3.63, 3.8) is 0 Å². The summed E-state index contributed by atoms with van der Waals surface area (Å²) in [6, 6.07) is 40.0. The van der Waals surface area contributed by atoms with Gasteiger partial charge in [-0.1, -0.05) is 65.6 Å². The first kappa shape index (κ1) is 31.2. The minimum absolute atomic E-state index is 0.334. The summed E-state index contributed by atoms with van der Waals surface area (Å²) < 4.78 is 0. The van der Waals surface area contributed by atoms with Crippen LogP contribution in [0, 0.1) is 104 Å². The van der Waals surface area contributed by atoms with Gasteiger partial charge in [0.15, 0.2) is 0 Å². The van der Waals surface area contributed by atoms with Gasteiger partial charge in [-0.25, -0.2) is 0 Å². The number of benzene rings is 5. The predicted octanol–water partition coefficient (Wildman–Crippen LogP) is 6.64. The van der Waals surface area contributed by atoms with Gasteiger partial charge in [-0.2, -0.15) is 26.3 Å². The van der Waals surface area contributed by atoms with Crippen molar-refractivity contribution in [2.45, 2.75) is 0 Å². The second-order valence-electron chi connectivity index (χ2n) is 9.97. The molecule has 0 spiro atoms. The topological polar surface area (TPSA) is 119 Å². The zero-order chi connectivity index (χ0) is 33.7. The van der Waals surface area contributed by atoms with Crippen molar-refractivity contribution in [3.8, 4) is 77.7 Å². The van der Waals surface area contributed by atoms with Gasteiger partial charge in [-0.3, -0.25) is 0 Å². The molecule has 0 radical (unpaired) electrons. The summed E-state index contributed by atoms with van der Waals surface area (Å²) in [6.45, 7) is 0. The number of nitriles is 5. The Morgan fingerprint density at radius 3 is 1.00 bits per heavy atom. The molecule has 0 amide bonds. The summed E-state index contributed by atoms with van der Waals surface area (Å²) in [5.41, 5.74) is 6.64. The summed E-state index contributed by atoms with van der Waals surface area (Å²) in [7, 11) is 0. The highest BCUT2D eigenvalue weighted by atomic mass is 14.3. The Morgan fingerprint density at radius 2 is 0.604 bits per heavy atom. The van der Waals surface area contributed by atoms with E-state index >= 15 is 0 Å². The smallest absolute Gasteiger partial charge is 0.100 e. The van der Waals surface area contributed by atoms with Crippen LogP contribution in [0.4, 0.5) is 0 Å². The fourth-order valence-corrected chi connectivity index (χ4v) is 4.38. The van der Waals surface area contributed by atoms with E-state index in [0.717, 1.165) is 0 Å². The Bertz CT molecular complexity index is 2600. The summed E-state index contributed by atoms with van der Waals surface area (Å²) in [5, 5.41) is 47.6. The van der Waals surface area contributed by atoms with Crippen molar-refractivity contribution >= 4 is 0 Å². The molecule has 5 aromatic carbocycles. The first-order valence-corrected chi connectivity index (χ1v) is 14.2. The highest BCUT2D eigenvalue weighted by Crippen LogP contribution is 2.15. The van der Waals surface area contributed by atoms with E-state index in [1.807, 2.05) is 6.07 Å². The largest absolute Gasteiger partial charge is 0.192 e. The Labute approximate surface area is 278 Å². The van der Waals surface area contributed by atoms with Crippen LogP contribution >= 0.6 is 0 Å². The van der Waals surface area contributed by atoms with Crippen LogP contribution in [0.3, 0.4) is 0 Å². The number of hydrogen-bond acceptors (Lipinski definition) is 5. The minimum Gasteiger partial charge on any atom is -0.192 e. The SMILES string of the molecule is N#Cc1cccc(C#Cc2ccc(C#Cc3ccc(C#Cc4ccc(C#Cc5ccccc5C#N)cc4C#N)cc3C#N)cc2C#N)c1. The van der Waals surface area contributed by atoms with E-state index in [2.05, 4.69) is 77.7 Å². The van der Waals surface area contributed by atoms with Gasteiger partial charge >= 0.3 is 0 Å². The van der Waals surface area contributed by atoms with E-state index in [1.54, 1.807) is 97.1 Å². The van der Waals surface area contributed by atoms with Gasteiger partial charge in [-0.05, 0) is 84.9 Å². The lowest BCUT2D eigenvalue weighted by Crippen LogP contribution is -1.89. The fraction of sp³-hybridized carbons (Fsp3) is 0. The Balaban J connectivity index is 1.35. The molecule has 0 N–H and O–H groups in total. The molecular formula is C43H17N5. The third-order valence-corrected chi connectivity index (χ3v) is 6.83. The molecule has 0 aromatic heterocycles. The standard InChI is InChI=1S/C43H17N5/c44-26-35-5-3-4-31(22-35)8-16-37-17-11-33(24-41(37)28-46)12-20-39-21-14-34(25-43(39)30-48)13-19-38-18-10-32(23-42(38)29-47)9-15-36-6-1-2-7-40(36)27-45/h1-7,10-11,14,17-18,21-25H. The quantitative estimate of drug-likeness (QED) is 0.184. The van der Waals surface area contributed by atoms with Gasteiger partial charge in [0, 0.05) is 44.5 Å². The molecule has 5 rings (SSSR count). The number of hydrogen-bond donors (Lipinski definition) is 0. The van der Waals surface area contributed by atoms with E-state index < -0.39 is 0 Å². The van der Waals surface area contributed by atoms with Crippen LogP contribution < -0.4 is 0 Å². The van der Waals surface area contributed by atoms with Gasteiger partial charge in [0.1, 0.15) is 24.3 Å². The van der Waals surface area contributed by atoms with Gasteiger partial charge in [0.25, 0.3) is 0 Å². The summed E-state index contributed by atoms with van der Waals surface area (Å²) >= 11 is 0. The van der Waals surface area contributed by atoms with Crippen molar-refractivity contribution in [1.82, 2.24) is 0 Å². The minimum atomic E-state index is 0.334. The summed E-state index contributed by atoms with van der Waals surface area (Å²) in [6.07, 6.45) is 0. The van der Waals surface area contributed by atoms with E-state index in [9.17, 15) is 21.0 Å². The molecule has 0 aliphatic heterocycles. The van der Waals surface area contributed by atoms with Crippen molar-refractivity contribution in [2.24, 2.45) is 0 Å². The molecule has 5 nitrogen and oxygen atoms in total. The maximum atomic E-state index is 9.79. The molecule has 0 aliphatic rings. The third kappa shape index (κ3) is 7.65. The first-order chi connectivity index (χ1) is 23.5. The van der Waals surface area contributed by atoms with Crippen molar-refractivity contribution < 1.29 is 0 Å². The molecule has 5 aromatic rings. The van der Waals surface area contributed by atoms with Crippen molar-refractivity contribution in [2.75, 3.05) is 0 Å². The Morgan fingerprint density at radius 1 is 0.250 bits per heavy atom. The highest BCUT2D eigenvalue weighted by Gasteiger charge is 2.04.